The quantitative estimate of drug-likeness (QED) is 0.176. The monoisotopic (exact) mass is 483 g/mol. The lowest BCUT2D eigenvalue weighted by atomic mass is 9.44. The number of aromatic nitrogens is 1. The van der Waals surface area contributed by atoms with Gasteiger partial charge in [-0.15, -0.1) is 0 Å². The van der Waals surface area contributed by atoms with E-state index in [1.165, 1.54) is 43.5 Å². The molecule has 8 heteroatoms. The van der Waals surface area contributed by atoms with E-state index < -0.39 is 4.92 Å². The first-order valence-corrected chi connectivity index (χ1v) is 13.0. The number of ether oxygens (including phenoxy) is 1. The van der Waals surface area contributed by atoms with E-state index >= 15 is 0 Å². The number of hydrogen-bond donors (Lipinski definition) is 0. The number of rotatable bonds is 8. The Balaban J connectivity index is 1.17. The van der Waals surface area contributed by atoms with Crippen LogP contribution in [0, 0.1) is 39.7 Å². The molecule has 4 bridgehead atoms. The molecule has 0 saturated heterocycles. The zero-order chi connectivity index (χ0) is 24.1. The first-order chi connectivity index (χ1) is 16.2. The number of hydrogen-bond acceptors (Lipinski definition) is 6. The molecule has 180 valence electrons. The van der Waals surface area contributed by atoms with Gasteiger partial charge < -0.3 is 4.74 Å². The van der Waals surface area contributed by atoms with Crippen molar-refractivity contribution in [1.82, 2.24) is 0 Å². The van der Waals surface area contributed by atoms with Gasteiger partial charge in [0.1, 0.15) is 0 Å². The maximum Gasteiger partial charge on any atom is 0.312 e. The van der Waals surface area contributed by atoms with Crippen LogP contribution in [0.1, 0.15) is 66.4 Å². The van der Waals surface area contributed by atoms with Crippen LogP contribution in [-0.4, -0.2) is 23.3 Å². The second-order valence-corrected chi connectivity index (χ2v) is 12.0. The number of esters is 1. The predicted molar refractivity (Wildman–Crippen MR) is 127 cm³/mol. The second kappa shape index (κ2) is 8.56. The minimum Gasteiger partial charge on any atom is -0.465 e. The van der Waals surface area contributed by atoms with Crippen LogP contribution in [0.4, 0.5) is 5.69 Å². The van der Waals surface area contributed by atoms with Crippen molar-refractivity contribution in [3.8, 4) is 0 Å². The van der Waals surface area contributed by atoms with Gasteiger partial charge >= 0.3 is 5.97 Å². The summed E-state index contributed by atoms with van der Waals surface area (Å²) in [5.41, 5.74) is 3.36. The maximum absolute atomic E-state index is 13.2. The molecule has 4 saturated carbocycles. The average Bonchev–Trinajstić information content (AvgIpc) is 3.11. The van der Waals surface area contributed by atoms with Crippen LogP contribution in [0.3, 0.4) is 0 Å². The Kier molecular flexibility index (Phi) is 5.82. The molecule has 0 spiro atoms. The highest BCUT2D eigenvalue weighted by atomic mass is 32.1. The van der Waals surface area contributed by atoms with Crippen LogP contribution < -0.4 is 4.57 Å². The van der Waals surface area contributed by atoms with Crippen molar-refractivity contribution in [2.24, 2.45) is 22.7 Å². The van der Waals surface area contributed by atoms with Gasteiger partial charge in [0.2, 0.25) is 17.8 Å². The summed E-state index contributed by atoms with van der Waals surface area (Å²) in [6, 6.07) is 5.69. The SMILES string of the molecule is Cc1c(CCOC(=O)C23C[C@H]4C[C@@H](CC(C)(C4)C2)C3)sc[n+]1CC(=O)c1ccc([N+](=O)[O-])cc1. The minimum atomic E-state index is -0.478. The van der Waals surface area contributed by atoms with E-state index in [2.05, 4.69) is 6.92 Å². The normalized spacial score (nSPS) is 29.2. The van der Waals surface area contributed by atoms with Gasteiger partial charge in [-0.25, -0.2) is 0 Å². The van der Waals surface area contributed by atoms with Gasteiger partial charge in [-0.2, -0.15) is 4.57 Å². The van der Waals surface area contributed by atoms with Gasteiger partial charge in [-0.1, -0.05) is 18.3 Å². The second-order valence-electron chi connectivity index (χ2n) is 11.0. The molecular weight excluding hydrogens is 452 g/mol. The van der Waals surface area contributed by atoms with E-state index in [1.54, 1.807) is 11.3 Å². The molecule has 6 rings (SSSR count). The van der Waals surface area contributed by atoms with Gasteiger partial charge in [0.15, 0.2) is 5.69 Å². The number of carbonyl (C=O) groups excluding carboxylic acids is 2. The Hall–Kier alpha value is -2.61. The van der Waals surface area contributed by atoms with Gasteiger partial charge in [0.25, 0.3) is 5.69 Å². The lowest BCUT2D eigenvalue weighted by molar-refractivity contribution is -0.684. The van der Waals surface area contributed by atoms with Crippen molar-refractivity contribution in [1.29, 1.82) is 0 Å². The molecule has 2 atom stereocenters. The summed E-state index contributed by atoms with van der Waals surface area (Å²) in [4.78, 5) is 37.2. The molecule has 7 nitrogen and oxygen atoms in total. The molecule has 1 aromatic carbocycles. The smallest absolute Gasteiger partial charge is 0.312 e. The fourth-order valence-electron chi connectivity index (χ4n) is 7.21. The summed E-state index contributed by atoms with van der Waals surface area (Å²) < 4.78 is 7.75. The highest BCUT2D eigenvalue weighted by Crippen LogP contribution is 2.65. The number of nitro benzene ring substituents is 1. The lowest BCUT2D eigenvalue weighted by Gasteiger charge is -2.59. The van der Waals surface area contributed by atoms with Gasteiger partial charge in [-0.05, 0) is 67.9 Å². The number of thiazole rings is 1. The van der Waals surface area contributed by atoms with Crippen LogP contribution in [0.25, 0.3) is 0 Å². The van der Waals surface area contributed by atoms with Crippen LogP contribution in [0.2, 0.25) is 0 Å². The van der Waals surface area contributed by atoms with Crippen LogP contribution in [-0.2, 0) is 22.5 Å². The Bertz CT molecular complexity index is 1120. The molecule has 0 N–H and O–H groups in total. The highest BCUT2D eigenvalue weighted by molar-refractivity contribution is 7.09. The summed E-state index contributed by atoms with van der Waals surface area (Å²) in [5.74, 6) is 1.27. The molecule has 4 fully saturated rings. The minimum absolute atomic E-state index is 0.00302. The molecular formula is C26H31N2O5S+. The first-order valence-electron chi connectivity index (χ1n) is 12.1. The molecule has 4 aliphatic carbocycles. The Morgan fingerprint density at radius 1 is 1.18 bits per heavy atom. The van der Waals surface area contributed by atoms with E-state index in [0.717, 1.165) is 29.8 Å². The number of ketones is 1. The summed E-state index contributed by atoms with van der Waals surface area (Å²) in [6.07, 6.45) is 7.45. The number of Topliss-reactive ketones (excluding diaryl/α,β-unsaturated/α-hetero) is 1. The Labute approximate surface area is 203 Å². The topological polar surface area (TPSA) is 90.4 Å². The summed E-state index contributed by atoms with van der Waals surface area (Å²) in [7, 11) is 0. The van der Waals surface area contributed by atoms with Gasteiger partial charge in [0.05, 0.1) is 21.8 Å². The van der Waals surface area contributed by atoms with E-state index in [4.69, 9.17) is 4.74 Å². The van der Waals surface area contributed by atoms with Crippen LogP contribution in [0.5, 0.6) is 0 Å². The van der Waals surface area contributed by atoms with E-state index in [1.807, 2.05) is 17.0 Å². The summed E-state index contributed by atoms with van der Waals surface area (Å²) in [6.45, 7) is 4.86. The van der Waals surface area contributed by atoms with Gasteiger partial charge in [-0.3, -0.25) is 19.7 Å². The van der Waals surface area contributed by atoms with Crippen LogP contribution in [0.15, 0.2) is 29.8 Å². The molecule has 0 amide bonds. The number of nitrogens with zero attached hydrogens (tertiary/aromatic N) is 2. The predicted octanol–water partition coefficient (Wildman–Crippen LogP) is 4.83. The van der Waals surface area contributed by atoms with Crippen molar-refractivity contribution in [3.05, 3.63) is 56.0 Å². The largest absolute Gasteiger partial charge is 0.465 e. The Morgan fingerprint density at radius 3 is 2.47 bits per heavy atom. The zero-order valence-electron chi connectivity index (χ0n) is 19.7. The number of carbonyl (C=O) groups is 2. The summed E-state index contributed by atoms with van der Waals surface area (Å²) >= 11 is 1.56. The van der Waals surface area contributed by atoms with Crippen molar-refractivity contribution < 1.29 is 23.8 Å². The Morgan fingerprint density at radius 2 is 1.85 bits per heavy atom. The van der Waals surface area contributed by atoms with E-state index in [9.17, 15) is 19.7 Å². The number of benzene rings is 1. The molecule has 34 heavy (non-hydrogen) atoms. The number of nitro groups is 1. The third-order valence-electron chi connectivity index (χ3n) is 8.22. The zero-order valence-corrected chi connectivity index (χ0v) is 20.6. The van der Waals surface area contributed by atoms with E-state index in [0.29, 0.717) is 35.8 Å². The molecule has 2 aromatic rings. The van der Waals surface area contributed by atoms with E-state index in [-0.39, 0.29) is 29.4 Å². The van der Waals surface area contributed by atoms with Gasteiger partial charge in [0, 0.05) is 31.0 Å². The fraction of sp³-hybridized carbons (Fsp3) is 0.577. The average molecular weight is 484 g/mol. The highest BCUT2D eigenvalue weighted by Gasteiger charge is 2.59. The van der Waals surface area contributed by atoms with Crippen LogP contribution >= 0.6 is 11.3 Å². The van der Waals surface area contributed by atoms with Crippen molar-refractivity contribution in [3.63, 3.8) is 0 Å². The van der Waals surface area contributed by atoms with Crippen molar-refractivity contribution in [2.75, 3.05) is 6.61 Å². The standard InChI is InChI=1S/C26H31N2O5S/c1-17-23(34-16-27(17)14-22(29)20-3-5-21(6-4-20)28(31)32)7-8-33-24(30)26-12-18-9-19(13-26)11-25(2,10-18)15-26/h3-6,16,18-19H,7-15H2,1-2H3/q+1/t18-,19-,25?,26?/m0/s1. The first kappa shape index (κ1) is 23.1. The molecule has 1 aromatic heterocycles. The number of non-ortho nitro benzene ring substituents is 1. The van der Waals surface area contributed by atoms with Crippen molar-refractivity contribution in [2.45, 2.75) is 65.3 Å². The maximum atomic E-state index is 13.2. The van der Waals surface area contributed by atoms with Crippen molar-refractivity contribution >= 4 is 28.8 Å². The third kappa shape index (κ3) is 4.28. The molecule has 4 aliphatic rings. The fourth-order valence-corrected chi connectivity index (χ4v) is 8.19. The lowest BCUT2D eigenvalue weighted by Crippen LogP contribution is -2.54. The molecule has 0 unspecified atom stereocenters. The summed E-state index contributed by atoms with van der Waals surface area (Å²) in [5, 5.41) is 10.8. The molecule has 0 aliphatic heterocycles. The molecule has 1 heterocycles. The third-order valence-corrected chi connectivity index (χ3v) is 9.36. The molecule has 0 radical (unpaired) electrons.